The van der Waals surface area contributed by atoms with Gasteiger partial charge in [-0.05, 0) is 69.5 Å². The summed E-state index contributed by atoms with van der Waals surface area (Å²) in [6.45, 7) is 7.35. The first kappa shape index (κ1) is 21.5. The Balaban J connectivity index is 1.91. The molecule has 0 aliphatic carbocycles. The van der Waals surface area contributed by atoms with Crippen molar-refractivity contribution in [3.63, 3.8) is 0 Å². The van der Waals surface area contributed by atoms with E-state index in [1.165, 1.54) is 0 Å². The molecule has 0 saturated heterocycles. The van der Waals surface area contributed by atoms with E-state index in [2.05, 4.69) is 10.3 Å². The highest BCUT2D eigenvalue weighted by Gasteiger charge is 2.24. The van der Waals surface area contributed by atoms with Crippen LogP contribution in [0.1, 0.15) is 44.9 Å². The van der Waals surface area contributed by atoms with Crippen LogP contribution in [0.4, 0.5) is 10.5 Å². The minimum Gasteiger partial charge on any atom is -0.497 e. The fourth-order valence-electron chi connectivity index (χ4n) is 3.16. The number of benzene rings is 2. The van der Waals surface area contributed by atoms with E-state index in [0.717, 1.165) is 16.9 Å². The maximum Gasteiger partial charge on any atom is 0.408 e. The number of amides is 1. The third kappa shape index (κ3) is 5.43. The van der Waals surface area contributed by atoms with Gasteiger partial charge in [-0.3, -0.25) is 0 Å². The van der Waals surface area contributed by atoms with Gasteiger partial charge in [0.15, 0.2) is 6.10 Å². The number of carbonyl (C=O) groups excluding carboxylic acids is 1. The Morgan fingerprint density at radius 2 is 2.03 bits per heavy atom. The van der Waals surface area contributed by atoms with Crippen molar-refractivity contribution in [2.24, 2.45) is 10.7 Å². The van der Waals surface area contributed by atoms with Crippen LogP contribution in [0.2, 0.25) is 0 Å². The van der Waals surface area contributed by atoms with Gasteiger partial charge in [0.25, 0.3) is 0 Å². The van der Waals surface area contributed by atoms with Crippen molar-refractivity contribution in [2.45, 2.75) is 51.9 Å². The topological polar surface area (TPSA) is 95.2 Å². The summed E-state index contributed by atoms with van der Waals surface area (Å²) in [6.07, 6.45) is -0.206. The molecule has 0 aromatic heterocycles. The molecule has 160 valence electrons. The lowest BCUT2D eigenvalue weighted by atomic mass is 9.98. The van der Waals surface area contributed by atoms with Crippen LogP contribution in [0.5, 0.6) is 11.5 Å². The second-order valence-corrected chi connectivity index (χ2v) is 8.28. The highest BCUT2D eigenvalue weighted by atomic mass is 16.6. The SMILES string of the molecule is COc1cccc(CC(NC(=O)OC(C)(C)C)c2ccc3c(c2)N=C(N)C(C)O3)c1. The van der Waals surface area contributed by atoms with Crippen LogP contribution in [0.3, 0.4) is 0 Å². The molecule has 1 aliphatic rings. The molecule has 1 amide bonds. The molecule has 30 heavy (non-hydrogen) atoms. The van der Waals surface area contributed by atoms with Gasteiger partial charge < -0.3 is 25.3 Å². The van der Waals surface area contributed by atoms with Crippen LogP contribution >= 0.6 is 0 Å². The summed E-state index contributed by atoms with van der Waals surface area (Å²) >= 11 is 0. The number of rotatable bonds is 5. The van der Waals surface area contributed by atoms with Gasteiger partial charge in [-0.1, -0.05) is 18.2 Å². The quantitative estimate of drug-likeness (QED) is 0.766. The average molecular weight is 412 g/mol. The van der Waals surface area contributed by atoms with Crippen molar-refractivity contribution in [1.82, 2.24) is 5.32 Å². The average Bonchev–Trinajstić information content (AvgIpc) is 2.67. The van der Waals surface area contributed by atoms with Gasteiger partial charge in [0.2, 0.25) is 0 Å². The Morgan fingerprint density at radius 3 is 2.73 bits per heavy atom. The van der Waals surface area contributed by atoms with Gasteiger partial charge in [0.05, 0.1) is 13.2 Å². The summed E-state index contributed by atoms with van der Waals surface area (Å²) in [5.41, 5.74) is 7.88. The molecule has 7 nitrogen and oxygen atoms in total. The predicted molar refractivity (Wildman–Crippen MR) is 117 cm³/mol. The molecule has 3 N–H and O–H groups in total. The summed E-state index contributed by atoms with van der Waals surface area (Å²) < 4.78 is 16.6. The van der Waals surface area contributed by atoms with Crippen molar-refractivity contribution in [1.29, 1.82) is 0 Å². The molecule has 0 saturated carbocycles. The lowest BCUT2D eigenvalue weighted by Crippen LogP contribution is -2.36. The van der Waals surface area contributed by atoms with Crippen LogP contribution < -0.4 is 20.5 Å². The Morgan fingerprint density at radius 1 is 1.27 bits per heavy atom. The van der Waals surface area contributed by atoms with Crippen molar-refractivity contribution in [3.05, 3.63) is 53.6 Å². The number of ether oxygens (including phenoxy) is 3. The van der Waals surface area contributed by atoms with Gasteiger partial charge in [0, 0.05) is 0 Å². The van der Waals surface area contributed by atoms with Crippen LogP contribution in [0.25, 0.3) is 0 Å². The third-order valence-corrected chi connectivity index (χ3v) is 4.62. The number of fused-ring (bicyclic) bond motifs is 1. The van der Waals surface area contributed by atoms with Crippen LogP contribution in [0, 0.1) is 0 Å². The zero-order valence-corrected chi connectivity index (χ0v) is 18.1. The normalized spacial score (nSPS) is 16.6. The molecule has 1 heterocycles. The van der Waals surface area contributed by atoms with Crippen molar-refractivity contribution >= 4 is 17.6 Å². The van der Waals surface area contributed by atoms with Crippen LogP contribution in [-0.2, 0) is 11.2 Å². The lowest BCUT2D eigenvalue weighted by molar-refractivity contribution is 0.0503. The van der Waals surface area contributed by atoms with Gasteiger partial charge in [-0.25, -0.2) is 9.79 Å². The summed E-state index contributed by atoms with van der Waals surface area (Å²) in [4.78, 5) is 17.0. The van der Waals surface area contributed by atoms with E-state index in [9.17, 15) is 4.79 Å². The molecule has 3 rings (SSSR count). The first-order valence-corrected chi connectivity index (χ1v) is 9.92. The molecule has 2 aromatic rings. The molecule has 7 heteroatoms. The summed E-state index contributed by atoms with van der Waals surface area (Å²) in [5.74, 6) is 1.84. The zero-order valence-electron chi connectivity index (χ0n) is 18.1. The standard InChI is InChI=1S/C23H29N3O4/c1-14-21(24)25-19-13-16(9-10-20(19)29-14)18(26-22(27)30-23(2,3)4)12-15-7-6-8-17(11-15)28-5/h6-11,13-14,18H,12H2,1-5H3,(H2,24,25)(H,26,27). The van der Waals surface area contributed by atoms with Crippen molar-refractivity contribution in [2.75, 3.05) is 7.11 Å². The number of nitrogens with one attached hydrogen (secondary N) is 1. The van der Waals surface area contributed by atoms with Gasteiger partial charge in [-0.2, -0.15) is 0 Å². The number of amidine groups is 1. The van der Waals surface area contributed by atoms with E-state index in [4.69, 9.17) is 19.9 Å². The fraction of sp³-hybridized carbons (Fsp3) is 0.391. The van der Waals surface area contributed by atoms with E-state index >= 15 is 0 Å². The van der Waals surface area contributed by atoms with Crippen LogP contribution in [0.15, 0.2) is 47.5 Å². The van der Waals surface area contributed by atoms with Gasteiger partial charge >= 0.3 is 6.09 Å². The number of aliphatic imine (C=N–C) groups is 1. The Hall–Kier alpha value is -3.22. The lowest BCUT2D eigenvalue weighted by Gasteiger charge is -2.26. The molecule has 0 radical (unpaired) electrons. The second-order valence-electron chi connectivity index (χ2n) is 8.28. The molecular formula is C23H29N3O4. The number of alkyl carbamates (subject to hydrolysis) is 1. The Bertz CT molecular complexity index is 950. The zero-order chi connectivity index (χ0) is 21.9. The smallest absolute Gasteiger partial charge is 0.408 e. The number of carbonyl (C=O) groups is 1. The molecule has 0 fully saturated rings. The molecule has 2 atom stereocenters. The fourth-order valence-corrected chi connectivity index (χ4v) is 3.16. The van der Waals surface area contributed by atoms with E-state index in [-0.39, 0.29) is 12.1 Å². The first-order valence-electron chi connectivity index (χ1n) is 9.92. The highest BCUT2D eigenvalue weighted by Crippen LogP contribution is 2.35. The molecular weight excluding hydrogens is 382 g/mol. The molecule has 0 spiro atoms. The minimum absolute atomic E-state index is 0.268. The van der Waals surface area contributed by atoms with E-state index in [0.29, 0.717) is 23.7 Å². The van der Waals surface area contributed by atoms with E-state index in [1.807, 2.05) is 70.2 Å². The maximum atomic E-state index is 12.5. The molecule has 2 unspecified atom stereocenters. The molecule has 0 bridgehead atoms. The maximum absolute atomic E-state index is 12.5. The summed E-state index contributed by atoms with van der Waals surface area (Å²) in [7, 11) is 1.63. The van der Waals surface area contributed by atoms with E-state index in [1.54, 1.807) is 7.11 Å². The Labute approximate surface area is 177 Å². The first-order chi connectivity index (χ1) is 14.1. The van der Waals surface area contributed by atoms with Gasteiger partial charge in [-0.15, -0.1) is 0 Å². The Kier molecular flexibility index (Phi) is 6.20. The molecule has 2 aromatic carbocycles. The van der Waals surface area contributed by atoms with Crippen molar-refractivity contribution < 1.29 is 19.0 Å². The number of hydrogen-bond acceptors (Lipinski definition) is 6. The molecule has 1 aliphatic heterocycles. The monoisotopic (exact) mass is 411 g/mol. The van der Waals surface area contributed by atoms with Crippen molar-refractivity contribution in [3.8, 4) is 11.5 Å². The largest absolute Gasteiger partial charge is 0.497 e. The number of nitrogens with zero attached hydrogens (tertiary/aromatic N) is 1. The number of hydrogen-bond donors (Lipinski definition) is 2. The van der Waals surface area contributed by atoms with Gasteiger partial charge in [0.1, 0.15) is 28.6 Å². The summed E-state index contributed by atoms with van der Waals surface area (Å²) in [6, 6.07) is 13.1. The van der Waals surface area contributed by atoms with E-state index < -0.39 is 11.7 Å². The van der Waals surface area contributed by atoms with Crippen LogP contribution in [-0.4, -0.2) is 30.7 Å². The predicted octanol–water partition coefficient (Wildman–Crippen LogP) is 4.27. The third-order valence-electron chi connectivity index (χ3n) is 4.62. The number of nitrogens with two attached hydrogens (primary N) is 1. The second kappa shape index (κ2) is 8.65. The minimum atomic E-state index is -0.594. The summed E-state index contributed by atoms with van der Waals surface area (Å²) in [5, 5.41) is 2.98. The number of methoxy groups -OCH3 is 1. The highest BCUT2D eigenvalue weighted by molar-refractivity contribution is 5.89.